The Morgan fingerprint density at radius 3 is 2.18 bits per heavy atom. The lowest BCUT2D eigenvalue weighted by Gasteiger charge is -2.00. The molecule has 3 heteroatoms. The van der Waals surface area contributed by atoms with Crippen molar-refractivity contribution in [1.82, 2.24) is 0 Å². The summed E-state index contributed by atoms with van der Waals surface area (Å²) in [6, 6.07) is 0. The molecule has 0 aliphatic heterocycles. The molecule has 0 saturated heterocycles. The molecule has 0 aliphatic rings. The van der Waals surface area contributed by atoms with Crippen LogP contribution in [-0.2, 0) is 14.3 Å². The van der Waals surface area contributed by atoms with Gasteiger partial charge in [0.25, 0.3) is 0 Å². The van der Waals surface area contributed by atoms with E-state index < -0.39 is 5.97 Å². The van der Waals surface area contributed by atoms with Crippen molar-refractivity contribution < 1.29 is 14.3 Å². The van der Waals surface area contributed by atoms with Crippen LogP contribution < -0.4 is 0 Å². The lowest BCUT2D eigenvalue weighted by molar-refractivity contribution is -0.140. The summed E-state index contributed by atoms with van der Waals surface area (Å²) in [5.41, 5.74) is 0. The maximum Gasteiger partial charge on any atom is 0.311 e. The third kappa shape index (κ3) is 6.77. The quantitative estimate of drug-likeness (QED) is 0.457. The number of hydrogen-bond acceptors (Lipinski definition) is 3. The summed E-state index contributed by atoms with van der Waals surface area (Å²) in [6.45, 7) is 6.42. The van der Waals surface area contributed by atoms with Crippen LogP contribution in [-0.4, -0.2) is 11.8 Å². The number of carbonyl (C=O) groups excluding carboxylic acids is 2. The summed E-state index contributed by atoms with van der Waals surface area (Å²) in [7, 11) is 0. The zero-order chi connectivity index (χ0) is 8.85. The number of esters is 1. The maximum absolute atomic E-state index is 10.7. The number of ether oxygens (including phenoxy) is 1. The fourth-order valence-electron chi connectivity index (χ4n) is 0.523. The van der Waals surface area contributed by atoms with Crippen LogP contribution in [0.25, 0.3) is 0 Å². The molecule has 0 aromatic carbocycles. The normalized spacial score (nSPS) is 8.91. The van der Waals surface area contributed by atoms with Crippen LogP contribution in [0, 0.1) is 0 Å². The van der Waals surface area contributed by atoms with Crippen LogP contribution in [0.2, 0.25) is 0 Å². The first-order chi connectivity index (χ1) is 5.02. The van der Waals surface area contributed by atoms with Gasteiger partial charge >= 0.3 is 5.97 Å². The summed E-state index contributed by atoms with van der Waals surface area (Å²) in [5.74, 6) is -0.0464. The maximum atomic E-state index is 10.7. The van der Waals surface area contributed by atoms with E-state index in [1.807, 2.05) is 0 Å². The number of hydrogen-bond donors (Lipinski definition) is 0. The van der Waals surface area contributed by atoms with Gasteiger partial charge in [0.2, 0.25) is 0 Å². The molecular formula is C8H12O3. The van der Waals surface area contributed by atoms with Gasteiger partial charge in [0.15, 0.2) is 0 Å². The Kier molecular flexibility index (Phi) is 4.18. The fourth-order valence-corrected chi connectivity index (χ4v) is 0.523. The molecular weight excluding hydrogens is 144 g/mol. The Balaban J connectivity index is 3.53. The summed E-state index contributed by atoms with van der Waals surface area (Å²) >= 11 is 0. The fraction of sp³-hybridized carbons (Fsp3) is 0.500. The minimum atomic E-state index is -0.396. The van der Waals surface area contributed by atoms with E-state index in [1.54, 1.807) is 6.92 Å². The number of carbonyl (C=O) groups is 2. The van der Waals surface area contributed by atoms with Gasteiger partial charge < -0.3 is 9.53 Å². The van der Waals surface area contributed by atoms with Crippen molar-refractivity contribution >= 4 is 11.8 Å². The predicted octanol–water partition coefficient (Wildman–Crippen LogP) is 1.43. The second-order valence-corrected chi connectivity index (χ2v) is 2.38. The summed E-state index contributed by atoms with van der Waals surface area (Å²) in [5, 5.41) is 0. The van der Waals surface area contributed by atoms with Gasteiger partial charge in [-0.15, -0.1) is 0 Å². The van der Waals surface area contributed by atoms with E-state index in [-0.39, 0.29) is 18.6 Å². The van der Waals surface area contributed by atoms with E-state index in [0.717, 1.165) is 0 Å². The smallest absolute Gasteiger partial charge is 0.311 e. The van der Waals surface area contributed by atoms with E-state index in [1.165, 1.54) is 6.92 Å². The van der Waals surface area contributed by atoms with Crippen LogP contribution in [0.5, 0.6) is 0 Å². The molecule has 0 fully saturated rings. The predicted molar refractivity (Wildman–Crippen MR) is 40.8 cm³/mol. The second-order valence-electron chi connectivity index (χ2n) is 2.38. The highest BCUT2D eigenvalue weighted by atomic mass is 16.5. The highest BCUT2D eigenvalue weighted by molar-refractivity contribution is 5.81. The van der Waals surface area contributed by atoms with Crippen molar-refractivity contribution in [2.75, 3.05) is 0 Å². The molecule has 0 rings (SSSR count). The van der Waals surface area contributed by atoms with Gasteiger partial charge in [-0.25, -0.2) is 0 Å². The summed E-state index contributed by atoms with van der Waals surface area (Å²) < 4.78 is 4.62. The molecule has 0 heterocycles. The zero-order valence-corrected chi connectivity index (χ0v) is 6.85. The van der Waals surface area contributed by atoms with Crippen molar-refractivity contribution in [2.45, 2.75) is 26.7 Å². The highest BCUT2D eigenvalue weighted by Gasteiger charge is 2.04. The van der Waals surface area contributed by atoms with Gasteiger partial charge in [0, 0.05) is 6.42 Å². The van der Waals surface area contributed by atoms with E-state index in [0.29, 0.717) is 5.76 Å². The lowest BCUT2D eigenvalue weighted by Crippen LogP contribution is -2.04. The Labute approximate surface area is 66.0 Å². The molecule has 0 spiro atoms. The van der Waals surface area contributed by atoms with Crippen LogP contribution in [0.4, 0.5) is 0 Å². The molecule has 0 radical (unpaired) electrons. The van der Waals surface area contributed by atoms with Crippen LogP contribution in [0.3, 0.4) is 0 Å². The molecule has 62 valence electrons. The molecule has 0 bridgehead atoms. The number of Topliss-reactive ketones (excluding diaryl/α,β-unsaturated/α-hetero) is 1. The largest absolute Gasteiger partial charge is 0.432 e. The van der Waals surface area contributed by atoms with Gasteiger partial charge in [0.05, 0.1) is 12.2 Å². The van der Waals surface area contributed by atoms with Crippen molar-refractivity contribution in [1.29, 1.82) is 0 Å². The zero-order valence-electron chi connectivity index (χ0n) is 6.85. The van der Waals surface area contributed by atoms with Crippen LogP contribution in [0.1, 0.15) is 26.7 Å². The number of ketones is 1. The average Bonchev–Trinajstić information content (AvgIpc) is 1.82. The van der Waals surface area contributed by atoms with Gasteiger partial charge in [0.1, 0.15) is 5.78 Å². The monoisotopic (exact) mass is 156 g/mol. The van der Waals surface area contributed by atoms with Crippen LogP contribution in [0.15, 0.2) is 12.3 Å². The Bertz CT molecular complexity index is 182. The van der Waals surface area contributed by atoms with Gasteiger partial charge in [-0.05, 0) is 13.8 Å². The third-order valence-corrected chi connectivity index (χ3v) is 0.969. The Morgan fingerprint density at radius 1 is 1.27 bits per heavy atom. The van der Waals surface area contributed by atoms with Crippen molar-refractivity contribution in [3.8, 4) is 0 Å². The van der Waals surface area contributed by atoms with E-state index in [9.17, 15) is 9.59 Å². The first kappa shape index (κ1) is 9.88. The topological polar surface area (TPSA) is 43.4 Å². The average molecular weight is 156 g/mol. The first-order valence-corrected chi connectivity index (χ1v) is 3.38. The standard InChI is InChI=1S/C8H12O3/c1-6(2)11-8(10)5-4-7(3)9/h1,4-5H2,2-3H3. The lowest BCUT2D eigenvalue weighted by atomic mass is 10.2. The highest BCUT2D eigenvalue weighted by Crippen LogP contribution is 1.98. The summed E-state index contributed by atoms with van der Waals surface area (Å²) in [4.78, 5) is 21.1. The van der Waals surface area contributed by atoms with Gasteiger partial charge in [-0.3, -0.25) is 4.79 Å². The first-order valence-electron chi connectivity index (χ1n) is 3.38. The van der Waals surface area contributed by atoms with Crippen LogP contribution >= 0.6 is 0 Å². The van der Waals surface area contributed by atoms with E-state index in [4.69, 9.17) is 0 Å². The van der Waals surface area contributed by atoms with E-state index in [2.05, 4.69) is 11.3 Å². The third-order valence-electron chi connectivity index (χ3n) is 0.969. The van der Waals surface area contributed by atoms with Gasteiger partial charge in [-0.1, -0.05) is 6.58 Å². The van der Waals surface area contributed by atoms with Crippen molar-refractivity contribution in [3.05, 3.63) is 12.3 Å². The number of allylic oxidation sites excluding steroid dienone is 1. The molecule has 0 atom stereocenters. The molecule has 0 aromatic heterocycles. The minimum Gasteiger partial charge on any atom is -0.432 e. The van der Waals surface area contributed by atoms with E-state index >= 15 is 0 Å². The molecule has 0 N–H and O–H groups in total. The second kappa shape index (κ2) is 4.66. The summed E-state index contributed by atoms with van der Waals surface area (Å²) in [6.07, 6.45) is 0.383. The van der Waals surface area contributed by atoms with Crippen molar-refractivity contribution in [2.24, 2.45) is 0 Å². The minimum absolute atomic E-state index is 0.0105. The Hall–Kier alpha value is -1.12. The molecule has 0 amide bonds. The molecule has 3 nitrogen and oxygen atoms in total. The van der Waals surface area contributed by atoms with Crippen molar-refractivity contribution in [3.63, 3.8) is 0 Å². The Morgan fingerprint density at radius 2 is 1.82 bits per heavy atom. The molecule has 0 aliphatic carbocycles. The molecule has 0 aromatic rings. The number of rotatable bonds is 4. The van der Waals surface area contributed by atoms with Gasteiger partial charge in [-0.2, -0.15) is 0 Å². The molecule has 11 heavy (non-hydrogen) atoms. The SMILES string of the molecule is C=C(C)OC(=O)CCC(C)=O. The molecule has 0 unspecified atom stereocenters. The molecule has 0 saturated carbocycles.